The first kappa shape index (κ1) is 20.8. The average Bonchev–Trinajstić information content (AvgIpc) is 2.66. The van der Waals surface area contributed by atoms with Gasteiger partial charge in [0, 0.05) is 25.2 Å². The predicted octanol–water partition coefficient (Wildman–Crippen LogP) is 4.57. The standard InChI is InChI=1S/C23H35NO4/c1-6-17(23(25)26)18-11-20-19-12-22(28-5)21(27-4)10-15(19)7-8-24(20)13-16(18)9-14(2)3/h10,14,16-18H,6-9,11-13H2,1-5H3,(H,25,26)/t16?,17-,18?/m1/s1. The van der Waals surface area contributed by atoms with Crippen molar-refractivity contribution in [2.45, 2.75) is 52.9 Å². The van der Waals surface area contributed by atoms with E-state index in [4.69, 9.17) is 9.47 Å². The van der Waals surface area contributed by atoms with Gasteiger partial charge in [0.15, 0.2) is 5.76 Å². The SMILES string of the molecule is CC[C@@H](C(=O)O)C1CC2=C3CC(OC)=C(OC)C=C3CCN2CC1CC(C)C. The number of fused-ring (bicyclic) bond motifs is 2. The number of methoxy groups -OCH3 is 2. The number of nitrogens with zero attached hydrogens (tertiary/aromatic N) is 1. The molecular weight excluding hydrogens is 354 g/mol. The molecule has 1 saturated heterocycles. The summed E-state index contributed by atoms with van der Waals surface area (Å²) in [6, 6.07) is 0. The number of allylic oxidation sites excluding steroid dienone is 3. The van der Waals surface area contributed by atoms with Crippen molar-refractivity contribution in [3.8, 4) is 0 Å². The number of hydrogen-bond donors (Lipinski definition) is 1. The second kappa shape index (κ2) is 8.62. The van der Waals surface area contributed by atoms with Crippen LogP contribution in [0.3, 0.4) is 0 Å². The lowest BCUT2D eigenvalue weighted by atomic mass is 9.69. The molecule has 2 aliphatic heterocycles. The first-order valence-electron chi connectivity index (χ1n) is 10.6. The van der Waals surface area contributed by atoms with Crippen LogP contribution in [0, 0.1) is 23.7 Å². The summed E-state index contributed by atoms with van der Waals surface area (Å²) in [4.78, 5) is 14.5. The summed E-state index contributed by atoms with van der Waals surface area (Å²) in [7, 11) is 3.38. The number of carboxylic acids is 1. The Morgan fingerprint density at radius 2 is 2.07 bits per heavy atom. The Morgan fingerprint density at radius 1 is 1.32 bits per heavy atom. The highest BCUT2D eigenvalue weighted by atomic mass is 16.5. The zero-order valence-electron chi connectivity index (χ0n) is 18.0. The molecule has 0 amide bonds. The number of carboxylic acid groups (broad SMARTS) is 1. The lowest BCUT2D eigenvalue weighted by Crippen LogP contribution is -2.46. The fourth-order valence-corrected chi connectivity index (χ4v) is 5.37. The molecule has 1 aliphatic carbocycles. The highest BCUT2D eigenvalue weighted by molar-refractivity contribution is 5.70. The van der Waals surface area contributed by atoms with E-state index in [9.17, 15) is 9.90 Å². The fourth-order valence-electron chi connectivity index (χ4n) is 5.37. The summed E-state index contributed by atoms with van der Waals surface area (Å²) in [6.45, 7) is 8.48. The Morgan fingerprint density at radius 3 is 2.64 bits per heavy atom. The molecule has 5 nitrogen and oxygen atoms in total. The van der Waals surface area contributed by atoms with Gasteiger partial charge in [0.05, 0.1) is 20.1 Å². The molecule has 1 N–H and O–H groups in total. The highest BCUT2D eigenvalue weighted by Gasteiger charge is 2.42. The molecule has 3 atom stereocenters. The van der Waals surface area contributed by atoms with Gasteiger partial charge in [-0.1, -0.05) is 20.8 Å². The Balaban J connectivity index is 1.97. The number of piperidine rings is 1. The van der Waals surface area contributed by atoms with Crippen LogP contribution in [0.15, 0.2) is 34.4 Å². The van der Waals surface area contributed by atoms with Crippen LogP contribution in [-0.2, 0) is 14.3 Å². The van der Waals surface area contributed by atoms with Crippen molar-refractivity contribution in [1.29, 1.82) is 0 Å². The highest BCUT2D eigenvalue weighted by Crippen LogP contribution is 2.46. The molecule has 0 spiro atoms. The first-order valence-corrected chi connectivity index (χ1v) is 10.6. The van der Waals surface area contributed by atoms with E-state index in [-0.39, 0.29) is 11.8 Å². The van der Waals surface area contributed by atoms with Crippen molar-refractivity contribution >= 4 is 5.97 Å². The van der Waals surface area contributed by atoms with E-state index in [0.717, 1.165) is 50.3 Å². The molecule has 0 aromatic heterocycles. The van der Waals surface area contributed by atoms with Gasteiger partial charge in [0.2, 0.25) is 0 Å². The molecular formula is C23H35NO4. The largest absolute Gasteiger partial charge is 0.497 e. The van der Waals surface area contributed by atoms with Gasteiger partial charge < -0.3 is 19.5 Å². The number of aliphatic carboxylic acids is 1. The molecule has 0 aromatic carbocycles. The summed E-state index contributed by atoms with van der Waals surface area (Å²) in [5.74, 6) is 1.97. The number of ether oxygens (including phenoxy) is 2. The number of hydrogen-bond acceptors (Lipinski definition) is 4. The Hall–Kier alpha value is -1.91. The molecule has 28 heavy (non-hydrogen) atoms. The van der Waals surface area contributed by atoms with E-state index >= 15 is 0 Å². The minimum absolute atomic E-state index is 0.196. The van der Waals surface area contributed by atoms with Crippen LogP contribution in [0.25, 0.3) is 0 Å². The van der Waals surface area contributed by atoms with Crippen molar-refractivity contribution in [2.24, 2.45) is 23.7 Å². The second-order valence-electron chi connectivity index (χ2n) is 8.77. The maximum Gasteiger partial charge on any atom is 0.306 e. The maximum absolute atomic E-state index is 12.0. The summed E-state index contributed by atoms with van der Waals surface area (Å²) >= 11 is 0. The molecule has 1 fully saturated rings. The van der Waals surface area contributed by atoms with E-state index in [2.05, 4.69) is 24.8 Å². The average molecular weight is 390 g/mol. The molecule has 5 heteroatoms. The van der Waals surface area contributed by atoms with Crippen molar-refractivity contribution in [3.05, 3.63) is 34.4 Å². The topological polar surface area (TPSA) is 59.0 Å². The van der Waals surface area contributed by atoms with Gasteiger partial charge in [-0.3, -0.25) is 4.79 Å². The van der Waals surface area contributed by atoms with Gasteiger partial charge in [-0.2, -0.15) is 0 Å². The smallest absolute Gasteiger partial charge is 0.306 e. The third-order valence-electron chi connectivity index (χ3n) is 6.69. The van der Waals surface area contributed by atoms with Crippen LogP contribution in [0.1, 0.15) is 52.9 Å². The van der Waals surface area contributed by atoms with E-state index in [0.29, 0.717) is 18.3 Å². The van der Waals surface area contributed by atoms with Gasteiger partial charge in [-0.15, -0.1) is 0 Å². The Labute approximate surface area is 169 Å². The van der Waals surface area contributed by atoms with Gasteiger partial charge in [0.25, 0.3) is 0 Å². The predicted molar refractivity (Wildman–Crippen MR) is 109 cm³/mol. The maximum atomic E-state index is 12.0. The van der Waals surface area contributed by atoms with Crippen LogP contribution in [0.5, 0.6) is 0 Å². The van der Waals surface area contributed by atoms with Gasteiger partial charge in [-0.25, -0.2) is 0 Å². The number of rotatable bonds is 7. The summed E-state index contributed by atoms with van der Waals surface area (Å²) in [5.41, 5.74) is 4.00. The molecule has 2 heterocycles. The minimum atomic E-state index is -0.644. The molecule has 0 saturated carbocycles. The zero-order valence-corrected chi connectivity index (χ0v) is 18.0. The zero-order chi connectivity index (χ0) is 20.4. The molecule has 0 radical (unpaired) electrons. The second-order valence-corrected chi connectivity index (χ2v) is 8.77. The molecule has 156 valence electrons. The normalized spacial score (nSPS) is 25.9. The van der Waals surface area contributed by atoms with Crippen LogP contribution < -0.4 is 0 Å². The number of carbonyl (C=O) groups is 1. The fraction of sp³-hybridized carbons (Fsp3) is 0.696. The van der Waals surface area contributed by atoms with Crippen LogP contribution >= 0.6 is 0 Å². The van der Waals surface area contributed by atoms with E-state index in [1.165, 1.54) is 16.8 Å². The molecule has 0 bridgehead atoms. The van der Waals surface area contributed by atoms with Crippen LogP contribution in [0.2, 0.25) is 0 Å². The van der Waals surface area contributed by atoms with Gasteiger partial charge in [0.1, 0.15) is 5.76 Å². The van der Waals surface area contributed by atoms with E-state index in [1.54, 1.807) is 14.2 Å². The lowest BCUT2D eigenvalue weighted by molar-refractivity contribution is -0.145. The Kier molecular flexibility index (Phi) is 6.41. The molecule has 3 aliphatic rings. The van der Waals surface area contributed by atoms with E-state index in [1.807, 2.05) is 6.92 Å². The Bertz CT molecular complexity index is 703. The third kappa shape index (κ3) is 3.94. The molecule has 2 unspecified atom stereocenters. The van der Waals surface area contributed by atoms with Crippen molar-refractivity contribution < 1.29 is 19.4 Å². The first-order chi connectivity index (χ1) is 13.4. The summed E-state index contributed by atoms with van der Waals surface area (Å²) in [5, 5.41) is 9.87. The van der Waals surface area contributed by atoms with E-state index < -0.39 is 5.97 Å². The molecule has 3 rings (SSSR count). The van der Waals surface area contributed by atoms with Crippen molar-refractivity contribution in [3.63, 3.8) is 0 Å². The summed E-state index contributed by atoms with van der Waals surface area (Å²) < 4.78 is 11.1. The molecule has 0 aromatic rings. The summed E-state index contributed by atoms with van der Waals surface area (Å²) in [6.07, 6.45) is 6.50. The lowest BCUT2D eigenvalue weighted by Gasteiger charge is -2.47. The van der Waals surface area contributed by atoms with Crippen molar-refractivity contribution in [2.75, 3.05) is 27.3 Å². The van der Waals surface area contributed by atoms with Crippen LogP contribution in [0.4, 0.5) is 0 Å². The quantitative estimate of drug-likeness (QED) is 0.691. The van der Waals surface area contributed by atoms with Crippen LogP contribution in [-0.4, -0.2) is 43.3 Å². The van der Waals surface area contributed by atoms with Gasteiger partial charge >= 0.3 is 5.97 Å². The monoisotopic (exact) mass is 389 g/mol. The minimum Gasteiger partial charge on any atom is -0.497 e. The van der Waals surface area contributed by atoms with Crippen molar-refractivity contribution in [1.82, 2.24) is 4.90 Å². The third-order valence-corrected chi connectivity index (χ3v) is 6.69. The van der Waals surface area contributed by atoms with Gasteiger partial charge in [-0.05, 0) is 60.7 Å².